The molecule has 14 heavy (non-hydrogen) atoms. The number of hydrogen-bond acceptors (Lipinski definition) is 3. The average molecular weight is 216 g/mol. The first-order valence-corrected chi connectivity index (χ1v) is 6.56. The van der Waals surface area contributed by atoms with Crippen LogP contribution in [0.25, 0.3) is 0 Å². The monoisotopic (exact) mass is 216 g/mol. The van der Waals surface area contributed by atoms with E-state index in [4.69, 9.17) is 0 Å². The molecule has 1 rings (SSSR count). The van der Waals surface area contributed by atoms with Gasteiger partial charge in [0.1, 0.15) is 0 Å². The maximum atomic E-state index is 11.6. The summed E-state index contributed by atoms with van der Waals surface area (Å²) in [7, 11) is 0. The smallest absolute Gasteiger partial charge is 0.237 e. The second kappa shape index (κ2) is 6.30. The Labute approximate surface area is 90.4 Å². The van der Waals surface area contributed by atoms with Crippen LogP contribution in [0.2, 0.25) is 0 Å². The molecule has 1 saturated heterocycles. The van der Waals surface area contributed by atoms with E-state index in [1.165, 1.54) is 12.8 Å². The van der Waals surface area contributed by atoms with E-state index < -0.39 is 0 Å². The van der Waals surface area contributed by atoms with Crippen LogP contribution < -0.4 is 10.6 Å². The molecule has 2 N–H and O–H groups in total. The Balaban J connectivity index is 2.19. The summed E-state index contributed by atoms with van der Waals surface area (Å²) in [5, 5.41) is 6.72. The summed E-state index contributed by atoms with van der Waals surface area (Å²) in [6.45, 7) is 3.88. The van der Waals surface area contributed by atoms with Crippen molar-refractivity contribution in [2.24, 2.45) is 0 Å². The molecule has 0 aromatic rings. The van der Waals surface area contributed by atoms with Gasteiger partial charge in [-0.2, -0.15) is 11.8 Å². The van der Waals surface area contributed by atoms with Crippen LogP contribution in [0.15, 0.2) is 0 Å². The summed E-state index contributed by atoms with van der Waals surface area (Å²) in [5.74, 6) is 0.172. The molecule has 1 fully saturated rings. The highest BCUT2D eigenvalue weighted by atomic mass is 32.2. The van der Waals surface area contributed by atoms with Crippen LogP contribution in [0.3, 0.4) is 0 Å². The van der Waals surface area contributed by atoms with E-state index in [1.54, 1.807) is 11.8 Å². The van der Waals surface area contributed by atoms with Gasteiger partial charge in [-0.3, -0.25) is 4.79 Å². The third-order valence-electron chi connectivity index (χ3n) is 2.59. The van der Waals surface area contributed by atoms with Crippen LogP contribution in [-0.4, -0.2) is 36.5 Å². The summed E-state index contributed by atoms with van der Waals surface area (Å²) in [4.78, 5) is 11.6. The van der Waals surface area contributed by atoms with Crippen molar-refractivity contribution in [3.63, 3.8) is 0 Å². The van der Waals surface area contributed by atoms with Gasteiger partial charge in [0.25, 0.3) is 0 Å². The molecule has 1 heterocycles. The van der Waals surface area contributed by atoms with Crippen molar-refractivity contribution in [1.29, 1.82) is 0 Å². The highest BCUT2D eigenvalue weighted by Crippen LogP contribution is 2.07. The van der Waals surface area contributed by atoms with Crippen molar-refractivity contribution < 1.29 is 4.79 Å². The van der Waals surface area contributed by atoms with Gasteiger partial charge >= 0.3 is 0 Å². The molecular formula is C10H20N2OS. The Morgan fingerprint density at radius 1 is 1.64 bits per heavy atom. The molecule has 2 unspecified atom stereocenters. The van der Waals surface area contributed by atoms with E-state index in [2.05, 4.69) is 23.8 Å². The van der Waals surface area contributed by atoms with Gasteiger partial charge in [-0.15, -0.1) is 0 Å². The molecule has 4 heteroatoms. The van der Waals surface area contributed by atoms with Gasteiger partial charge < -0.3 is 10.6 Å². The Morgan fingerprint density at radius 2 is 2.43 bits per heavy atom. The lowest BCUT2D eigenvalue weighted by Gasteiger charge is -2.23. The summed E-state index contributed by atoms with van der Waals surface area (Å²) < 4.78 is 0. The maximum Gasteiger partial charge on any atom is 0.237 e. The van der Waals surface area contributed by atoms with Crippen LogP contribution in [0.1, 0.15) is 26.2 Å². The lowest BCUT2D eigenvalue weighted by Crippen LogP contribution is -2.47. The lowest BCUT2D eigenvalue weighted by atomic mass is 10.0. The van der Waals surface area contributed by atoms with E-state index in [-0.39, 0.29) is 11.9 Å². The number of nitrogens with one attached hydrogen (secondary N) is 2. The van der Waals surface area contributed by atoms with E-state index >= 15 is 0 Å². The van der Waals surface area contributed by atoms with Crippen molar-refractivity contribution in [1.82, 2.24) is 10.6 Å². The van der Waals surface area contributed by atoms with Gasteiger partial charge in [0, 0.05) is 11.8 Å². The molecule has 0 aromatic carbocycles. The van der Waals surface area contributed by atoms with Crippen molar-refractivity contribution in [3.8, 4) is 0 Å². The van der Waals surface area contributed by atoms with Crippen LogP contribution in [0, 0.1) is 0 Å². The van der Waals surface area contributed by atoms with Crippen molar-refractivity contribution in [3.05, 3.63) is 0 Å². The number of amides is 1. The zero-order valence-electron chi connectivity index (χ0n) is 9.01. The highest BCUT2D eigenvalue weighted by Gasteiger charge is 2.20. The first kappa shape index (κ1) is 11.9. The van der Waals surface area contributed by atoms with Gasteiger partial charge in [0.05, 0.1) is 6.04 Å². The van der Waals surface area contributed by atoms with Gasteiger partial charge in [0.15, 0.2) is 0 Å². The fraction of sp³-hybridized carbons (Fsp3) is 0.900. The normalized spacial score (nSPS) is 24.3. The van der Waals surface area contributed by atoms with Crippen molar-refractivity contribution in [2.45, 2.75) is 37.5 Å². The molecule has 3 nitrogen and oxygen atoms in total. The predicted molar refractivity (Wildman–Crippen MR) is 61.6 cm³/mol. The second-order valence-corrected chi connectivity index (χ2v) is 5.07. The molecular weight excluding hydrogens is 196 g/mol. The topological polar surface area (TPSA) is 41.1 Å². The predicted octanol–water partition coefficient (Wildman–Crippen LogP) is 0.996. The molecule has 0 bridgehead atoms. The Morgan fingerprint density at radius 3 is 3.00 bits per heavy atom. The van der Waals surface area contributed by atoms with Crippen LogP contribution in [-0.2, 0) is 4.79 Å². The molecule has 0 radical (unpaired) electrons. The first-order valence-electron chi connectivity index (χ1n) is 5.28. The summed E-state index contributed by atoms with van der Waals surface area (Å²) in [6, 6.07) is 0.0535. The summed E-state index contributed by atoms with van der Waals surface area (Å²) in [5.41, 5.74) is 0. The van der Waals surface area contributed by atoms with E-state index in [0.717, 1.165) is 19.5 Å². The molecule has 1 amide bonds. The van der Waals surface area contributed by atoms with E-state index in [0.29, 0.717) is 5.25 Å². The first-order chi connectivity index (χ1) is 6.74. The third kappa shape index (κ3) is 3.88. The summed E-state index contributed by atoms with van der Waals surface area (Å²) in [6.07, 6.45) is 5.42. The summed E-state index contributed by atoms with van der Waals surface area (Å²) >= 11 is 1.78. The van der Waals surface area contributed by atoms with Gasteiger partial charge in [0.2, 0.25) is 5.91 Å². The fourth-order valence-electron chi connectivity index (χ4n) is 1.53. The fourth-order valence-corrected chi connectivity index (χ4v) is 1.78. The third-order valence-corrected chi connectivity index (χ3v) is 3.56. The molecule has 2 atom stereocenters. The minimum Gasteiger partial charge on any atom is -0.354 e. The Kier molecular flexibility index (Phi) is 5.33. The largest absolute Gasteiger partial charge is 0.354 e. The van der Waals surface area contributed by atoms with Crippen molar-refractivity contribution >= 4 is 17.7 Å². The van der Waals surface area contributed by atoms with Gasteiger partial charge in [-0.1, -0.05) is 13.3 Å². The van der Waals surface area contributed by atoms with Crippen LogP contribution in [0.4, 0.5) is 0 Å². The average Bonchev–Trinajstić information content (AvgIpc) is 2.26. The molecule has 0 spiro atoms. The van der Waals surface area contributed by atoms with Crippen molar-refractivity contribution in [2.75, 3.05) is 19.3 Å². The second-order valence-electron chi connectivity index (χ2n) is 3.79. The SMILES string of the molecule is CSC(C)CNC(=O)C1CCCCN1. The number of carbonyl (C=O) groups is 1. The van der Waals surface area contributed by atoms with E-state index in [9.17, 15) is 4.79 Å². The van der Waals surface area contributed by atoms with Crippen LogP contribution >= 0.6 is 11.8 Å². The molecule has 1 aliphatic heterocycles. The van der Waals surface area contributed by atoms with Crippen LogP contribution in [0.5, 0.6) is 0 Å². The number of piperidine rings is 1. The maximum absolute atomic E-state index is 11.6. The molecule has 0 saturated carbocycles. The molecule has 0 aliphatic carbocycles. The Hall–Kier alpha value is -0.220. The Bertz CT molecular complexity index is 181. The number of thioether (sulfide) groups is 1. The quantitative estimate of drug-likeness (QED) is 0.736. The van der Waals surface area contributed by atoms with Gasteiger partial charge in [-0.25, -0.2) is 0 Å². The minimum absolute atomic E-state index is 0.0535. The lowest BCUT2D eigenvalue weighted by molar-refractivity contribution is -0.123. The molecule has 0 aromatic heterocycles. The zero-order chi connectivity index (χ0) is 10.4. The standard InChI is InChI=1S/C10H20N2OS/c1-8(14-2)7-12-10(13)9-5-3-4-6-11-9/h8-9,11H,3-7H2,1-2H3,(H,12,13). The zero-order valence-corrected chi connectivity index (χ0v) is 9.82. The number of carbonyl (C=O) groups excluding carboxylic acids is 1. The number of hydrogen-bond donors (Lipinski definition) is 2. The van der Waals surface area contributed by atoms with Gasteiger partial charge in [-0.05, 0) is 25.6 Å². The highest BCUT2D eigenvalue weighted by molar-refractivity contribution is 7.99. The molecule has 82 valence electrons. The number of rotatable bonds is 4. The molecule has 1 aliphatic rings. The minimum atomic E-state index is 0.0535. The van der Waals surface area contributed by atoms with E-state index in [1.807, 2.05) is 0 Å².